The van der Waals surface area contributed by atoms with E-state index in [0.717, 1.165) is 22.5 Å². The second-order valence-electron chi connectivity index (χ2n) is 7.32. The lowest BCUT2D eigenvalue weighted by Gasteiger charge is -2.15. The quantitative estimate of drug-likeness (QED) is 0.399. The molecule has 146 valence electrons. The number of benzene rings is 1. The van der Waals surface area contributed by atoms with Crippen LogP contribution in [0.1, 0.15) is 65.2 Å². The Hall–Kier alpha value is -2.54. The lowest BCUT2D eigenvalue weighted by molar-refractivity contribution is 1.07. The maximum absolute atomic E-state index is 4.17. The van der Waals surface area contributed by atoms with Gasteiger partial charge in [-0.05, 0) is 83.7 Å². The van der Waals surface area contributed by atoms with Gasteiger partial charge in [0, 0.05) is 17.0 Å². The second-order valence-corrected chi connectivity index (χ2v) is 7.32. The maximum Gasteiger partial charge on any atom is 0.0385 e. The summed E-state index contributed by atoms with van der Waals surface area (Å²) in [4.78, 5) is 0. The van der Waals surface area contributed by atoms with Crippen LogP contribution in [0.15, 0.2) is 78.6 Å². The van der Waals surface area contributed by atoms with Crippen molar-refractivity contribution in [2.24, 2.45) is 0 Å². The van der Waals surface area contributed by atoms with E-state index in [2.05, 4.69) is 76.2 Å². The Kier molecular flexibility index (Phi) is 10.8. The number of rotatable bonds is 6. The number of nitrogens with one attached hydrogen (secondary N) is 1. The summed E-state index contributed by atoms with van der Waals surface area (Å²) >= 11 is 0. The summed E-state index contributed by atoms with van der Waals surface area (Å²) in [7, 11) is 0. The van der Waals surface area contributed by atoms with E-state index in [0.29, 0.717) is 0 Å². The highest BCUT2D eigenvalue weighted by Crippen LogP contribution is 2.24. The van der Waals surface area contributed by atoms with Crippen LogP contribution >= 0.6 is 0 Å². The van der Waals surface area contributed by atoms with Crippen molar-refractivity contribution < 1.29 is 0 Å². The van der Waals surface area contributed by atoms with Gasteiger partial charge in [-0.2, -0.15) is 0 Å². The van der Waals surface area contributed by atoms with Gasteiger partial charge in [-0.15, -0.1) is 6.58 Å². The first-order valence-corrected chi connectivity index (χ1v) is 9.33. The van der Waals surface area contributed by atoms with Crippen molar-refractivity contribution in [2.75, 3.05) is 0 Å². The molecule has 27 heavy (non-hydrogen) atoms. The zero-order valence-electron chi connectivity index (χ0n) is 18.6. The fourth-order valence-electron chi connectivity index (χ4n) is 2.55. The first kappa shape index (κ1) is 24.5. The van der Waals surface area contributed by atoms with Gasteiger partial charge in [0.1, 0.15) is 0 Å². The third-order valence-corrected chi connectivity index (χ3v) is 3.80. The lowest BCUT2D eigenvalue weighted by atomic mass is 9.96. The fourth-order valence-corrected chi connectivity index (χ4v) is 2.55. The van der Waals surface area contributed by atoms with E-state index >= 15 is 0 Å². The fraction of sp³-hybridized carbons (Fsp3) is 0.308. The molecule has 1 aromatic rings. The van der Waals surface area contributed by atoms with Gasteiger partial charge in [-0.3, -0.25) is 0 Å². The minimum Gasteiger partial charge on any atom is -0.359 e. The summed E-state index contributed by atoms with van der Waals surface area (Å²) in [5, 5.41) is 3.34. The number of allylic oxidation sites excluding steroid dienone is 8. The van der Waals surface area contributed by atoms with Crippen LogP contribution in [0.5, 0.6) is 0 Å². The number of hydrogen-bond acceptors (Lipinski definition) is 1. The van der Waals surface area contributed by atoms with Crippen LogP contribution in [0.2, 0.25) is 0 Å². The van der Waals surface area contributed by atoms with Gasteiger partial charge in [0.15, 0.2) is 0 Å². The van der Waals surface area contributed by atoms with E-state index in [1.54, 1.807) is 0 Å². The molecule has 0 bridgehead atoms. The molecule has 0 heterocycles. The van der Waals surface area contributed by atoms with Gasteiger partial charge < -0.3 is 5.32 Å². The Balaban J connectivity index is 0.00000153. The molecule has 1 N–H and O–H groups in total. The van der Waals surface area contributed by atoms with E-state index in [9.17, 15) is 0 Å². The van der Waals surface area contributed by atoms with Crippen LogP contribution in [0.3, 0.4) is 0 Å². The molecule has 0 unspecified atom stereocenters. The third-order valence-electron chi connectivity index (χ3n) is 3.80. The van der Waals surface area contributed by atoms with Crippen LogP contribution in [0.25, 0.3) is 11.3 Å². The van der Waals surface area contributed by atoms with Gasteiger partial charge >= 0.3 is 0 Å². The average Bonchev–Trinajstić information content (AvgIpc) is 2.52. The summed E-state index contributed by atoms with van der Waals surface area (Å²) in [5.41, 5.74) is 10.3. The molecule has 0 saturated carbocycles. The predicted molar refractivity (Wildman–Crippen MR) is 125 cm³/mol. The molecule has 1 aromatic carbocycles. The molecule has 0 spiro atoms. The standard InChI is InChI=1S/C22H29N.C4H8/c1-9-10-16(4)19(7)21-11-12-22(17(5)14-21)20(8)23-18(6)13-15(2)3;1-4(2)3/h9-14,23H,2,8H2,1,3-7H3;1H2,2-3H3/b10-9-,18-13+,19-16+;. The highest BCUT2D eigenvalue weighted by atomic mass is 14.9. The Morgan fingerprint density at radius 1 is 0.963 bits per heavy atom. The molecule has 0 radical (unpaired) electrons. The Morgan fingerprint density at radius 3 is 1.96 bits per heavy atom. The Bertz CT molecular complexity index is 778. The second kappa shape index (κ2) is 12.0. The van der Waals surface area contributed by atoms with Crippen molar-refractivity contribution in [1.29, 1.82) is 0 Å². The molecule has 0 aromatic heterocycles. The van der Waals surface area contributed by atoms with Crippen LogP contribution in [-0.2, 0) is 0 Å². The first-order valence-electron chi connectivity index (χ1n) is 9.33. The summed E-state index contributed by atoms with van der Waals surface area (Å²) in [5.74, 6) is 0. The lowest BCUT2D eigenvalue weighted by Crippen LogP contribution is -2.09. The molecule has 0 aliphatic carbocycles. The number of aryl methyl sites for hydroxylation is 1. The van der Waals surface area contributed by atoms with Crippen molar-refractivity contribution in [3.8, 4) is 0 Å². The molecular formula is C26H37N. The minimum absolute atomic E-state index is 0.913. The van der Waals surface area contributed by atoms with E-state index in [-0.39, 0.29) is 0 Å². The van der Waals surface area contributed by atoms with Crippen molar-refractivity contribution in [3.05, 3.63) is 95.3 Å². The summed E-state index contributed by atoms with van der Waals surface area (Å²) < 4.78 is 0. The topological polar surface area (TPSA) is 12.0 Å². The van der Waals surface area contributed by atoms with Gasteiger partial charge in [0.05, 0.1) is 0 Å². The van der Waals surface area contributed by atoms with Crippen LogP contribution in [0, 0.1) is 6.92 Å². The van der Waals surface area contributed by atoms with Gasteiger partial charge in [-0.1, -0.05) is 54.7 Å². The van der Waals surface area contributed by atoms with Crippen molar-refractivity contribution >= 4 is 11.3 Å². The summed E-state index contributed by atoms with van der Waals surface area (Å²) in [6.07, 6.45) is 6.23. The molecule has 0 atom stereocenters. The molecule has 0 amide bonds. The third kappa shape index (κ3) is 9.65. The zero-order chi connectivity index (χ0) is 21.1. The largest absolute Gasteiger partial charge is 0.359 e. The monoisotopic (exact) mass is 363 g/mol. The van der Waals surface area contributed by atoms with Crippen LogP contribution in [-0.4, -0.2) is 0 Å². The normalized spacial score (nSPS) is 12.1. The highest BCUT2D eigenvalue weighted by Gasteiger charge is 2.06. The first-order chi connectivity index (χ1) is 12.5. The molecule has 1 rings (SSSR count). The van der Waals surface area contributed by atoms with E-state index in [1.807, 2.05) is 40.7 Å². The summed E-state index contributed by atoms with van der Waals surface area (Å²) in [6, 6.07) is 6.53. The summed E-state index contributed by atoms with van der Waals surface area (Å²) in [6.45, 7) is 28.0. The van der Waals surface area contributed by atoms with Crippen molar-refractivity contribution in [3.63, 3.8) is 0 Å². The van der Waals surface area contributed by atoms with E-state index < -0.39 is 0 Å². The smallest absolute Gasteiger partial charge is 0.0385 e. The minimum atomic E-state index is 0.913. The molecule has 1 heteroatoms. The van der Waals surface area contributed by atoms with Gasteiger partial charge in [-0.25, -0.2) is 0 Å². The molecule has 0 aliphatic rings. The van der Waals surface area contributed by atoms with Crippen molar-refractivity contribution in [1.82, 2.24) is 5.32 Å². The van der Waals surface area contributed by atoms with Crippen LogP contribution in [0.4, 0.5) is 0 Å². The van der Waals surface area contributed by atoms with E-state index in [1.165, 1.54) is 27.8 Å². The highest BCUT2D eigenvalue weighted by molar-refractivity contribution is 5.73. The Labute approximate surface area is 167 Å². The van der Waals surface area contributed by atoms with Crippen molar-refractivity contribution in [2.45, 2.75) is 55.4 Å². The molecule has 0 aliphatic heterocycles. The number of hydrogen-bond donors (Lipinski definition) is 1. The molecule has 0 fully saturated rings. The molecule has 1 nitrogen and oxygen atoms in total. The van der Waals surface area contributed by atoms with Gasteiger partial charge in [0.2, 0.25) is 0 Å². The maximum atomic E-state index is 4.17. The zero-order valence-corrected chi connectivity index (χ0v) is 18.6. The molecule has 0 saturated heterocycles. The van der Waals surface area contributed by atoms with E-state index in [4.69, 9.17) is 0 Å². The van der Waals surface area contributed by atoms with Crippen LogP contribution < -0.4 is 5.32 Å². The Morgan fingerprint density at radius 2 is 1.52 bits per heavy atom. The predicted octanol–water partition coefficient (Wildman–Crippen LogP) is 7.99. The SMILES string of the molecule is C=C(C)/C=C(\C)NC(=C)c1ccc(/C(C)=C(C)/C=C\C)cc1C.C=C(C)C. The van der Waals surface area contributed by atoms with Gasteiger partial charge in [0.25, 0.3) is 0 Å². The molecular weight excluding hydrogens is 326 g/mol. The average molecular weight is 364 g/mol.